The summed E-state index contributed by atoms with van der Waals surface area (Å²) in [5, 5.41) is 0. The first-order chi connectivity index (χ1) is 9.06. The highest BCUT2D eigenvalue weighted by molar-refractivity contribution is 5.75. The highest BCUT2D eigenvalue weighted by Gasteiger charge is 2.12. The number of nitrogens with zero attached hydrogens (tertiary/aromatic N) is 2. The molecule has 2 aromatic heterocycles. The molecule has 0 fully saturated rings. The van der Waals surface area contributed by atoms with Gasteiger partial charge in [0.2, 0.25) is 0 Å². The van der Waals surface area contributed by atoms with Crippen molar-refractivity contribution < 1.29 is 4.39 Å². The van der Waals surface area contributed by atoms with Gasteiger partial charge in [0.05, 0.1) is 0 Å². The number of aryl methyl sites for hydroxylation is 2. The molecule has 0 amide bonds. The van der Waals surface area contributed by atoms with Crippen LogP contribution in [0.3, 0.4) is 0 Å². The SMILES string of the molecule is Cc1ccn2c(N)c(-c3ccc(C)c(F)c3)nc2c1. The number of hydrogen-bond acceptors (Lipinski definition) is 2. The van der Waals surface area contributed by atoms with Gasteiger partial charge in [-0.25, -0.2) is 9.37 Å². The van der Waals surface area contributed by atoms with Gasteiger partial charge in [0.25, 0.3) is 0 Å². The second-order valence-corrected chi connectivity index (χ2v) is 4.74. The maximum absolute atomic E-state index is 13.6. The van der Waals surface area contributed by atoms with E-state index in [2.05, 4.69) is 4.98 Å². The number of nitrogen functional groups attached to an aromatic ring is 1. The van der Waals surface area contributed by atoms with E-state index in [0.29, 0.717) is 22.6 Å². The largest absolute Gasteiger partial charge is 0.383 e. The molecule has 0 aliphatic carbocycles. The average Bonchev–Trinajstić information content (AvgIpc) is 2.70. The highest BCUT2D eigenvalue weighted by Crippen LogP contribution is 2.27. The minimum Gasteiger partial charge on any atom is -0.383 e. The van der Waals surface area contributed by atoms with Crippen LogP contribution in [0.5, 0.6) is 0 Å². The van der Waals surface area contributed by atoms with E-state index in [1.54, 1.807) is 17.4 Å². The normalized spacial score (nSPS) is 11.1. The number of aromatic nitrogens is 2. The van der Waals surface area contributed by atoms with E-state index in [0.717, 1.165) is 11.2 Å². The number of halogens is 1. The predicted molar refractivity (Wildman–Crippen MR) is 74.5 cm³/mol. The first-order valence-electron chi connectivity index (χ1n) is 6.07. The maximum Gasteiger partial charge on any atom is 0.139 e. The van der Waals surface area contributed by atoms with E-state index in [4.69, 9.17) is 5.73 Å². The van der Waals surface area contributed by atoms with Crippen LogP contribution in [0.4, 0.5) is 10.2 Å². The van der Waals surface area contributed by atoms with Crippen molar-refractivity contribution >= 4 is 11.5 Å². The lowest BCUT2D eigenvalue weighted by Crippen LogP contribution is -1.94. The van der Waals surface area contributed by atoms with Crippen LogP contribution in [0.2, 0.25) is 0 Å². The summed E-state index contributed by atoms with van der Waals surface area (Å²) in [7, 11) is 0. The number of anilines is 1. The van der Waals surface area contributed by atoms with E-state index in [9.17, 15) is 4.39 Å². The zero-order chi connectivity index (χ0) is 13.6. The van der Waals surface area contributed by atoms with Gasteiger partial charge >= 0.3 is 0 Å². The summed E-state index contributed by atoms with van der Waals surface area (Å²) in [4.78, 5) is 4.49. The first kappa shape index (κ1) is 11.7. The lowest BCUT2D eigenvalue weighted by molar-refractivity contribution is 0.619. The Morgan fingerprint density at radius 1 is 1.16 bits per heavy atom. The molecule has 0 radical (unpaired) electrons. The van der Waals surface area contributed by atoms with Crippen LogP contribution in [-0.2, 0) is 0 Å². The van der Waals surface area contributed by atoms with Crippen LogP contribution in [0.25, 0.3) is 16.9 Å². The Hall–Kier alpha value is -2.36. The van der Waals surface area contributed by atoms with Crippen molar-refractivity contribution in [1.29, 1.82) is 0 Å². The quantitative estimate of drug-likeness (QED) is 0.724. The molecule has 3 rings (SSSR count). The molecule has 0 aliphatic heterocycles. The van der Waals surface area contributed by atoms with Gasteiger partial charge in [0.1, 0.15) is 23.0 Å². The zero-order valence-corrected chi connectivity index (χ0v) is 10.8. The number of pyridine rings is 1. The van der Waals surface area contributed by atoms with Gasteiger partial charge in [-0.05, 0) is 43.2 Å². The molecular weight excluding hydrogens is 241 g/mol. The van der Waals surface area contributed by atoms with Gasteiger partial charge in [-0.2, -0.15) is 0 Å². The molecule has 2 N–H and O–H groups in total. The molecule has 0 bridgehead atoms. The minimum absolute atomic E-state index is 0.245. The first-order valence-corrected chi connectivity index (χ1v) is 6.07. The smallest absolute Gasteiger partial charge is 0.139 e. The molecule has 19 heavy (non-hydrogen) atoms. The number of fused-ring (bicyclic) bond motifs is 1. The molecule has 0 unspecified atom stereocenters. The number of hydrogen-bond donors (Lipinski definition) is 1. The van der Waals surface area contributed by atoms with Crippen molar-refractivity contribution in [2.45, 2.75) is 13.8 Å². The van der Waals surface area contributed by atoms with E-state index >= 15 is 0 Å². The summed E-state index contributed by atoms with van der Waals surface area (Å²) in [5.41, 5.74) is 9.89. The Bertz CT molecular complexity index is 774. The van der Waals surface area contributed by atoms with Gasteiger partial charge in [-0.15, -0.1) is 0 Å². The van der Waals surface area contributed by atoms with Gasteiger partial charge in [0.15, 0.2) is 0 Å². The van der Waals surface area contributed by atoms with Gasteiger partial charge in [-0.1, -0.05) is 12.1 Å². The number of rotatable bonds is 1. The van der Waals surface area contributed by atoms with E-state index in [-0.39, 0.29) is 5.82 Å². The molecule has 3 nitrogen and oxygen atoms in total. The van der Waals surface area contributed by atoms with Gasteiger partial charge < -0.3 is 5.73 Å². The number of benzene rings is 1. The summed E-state index contributed by atoms with van der Waals surface area (Å²) in [6, 6.07) is 8.96. The Kier molecular flexibility index (Phi) is 2.52. The third-order valence-corrected chi connectivity index (χ3v) is 3.26. The third-order valence-electron chi connectivity index (χ3n) is 3.26. The summed E-state index contributed by atoms with van der Waals surface area (Å²) in [6.07, 6.45) is 1.88. The molecule has 2 heterocycles. The fourth-order valence-corrected chi connectivity index (χ4v) is 2.12. The second kappa shape index (κ2) is 4.09. The van der Waals surface area contributed by atoms with Crippen LogP contribution in [0.1, 0.15) is 11.1 Å². The van der Waals surface area contributed by atoms with Crippen LogP contribution in [-0.4, -0.2) is 9.38 Å². The summed E-state index contributed by atoms with van der Waals surface area (Å²) >= 11 is 0. The number of imidazole rings is 1. The van der Waals surface area contributed by atoms with Crippen LogP contribution in [0, 0.1) is 19.7 Å². The molecule has 0 saturated carbocycles. The van der Waals surface area contributed by atoms with Gasteiger partial charge in [0, 0.05) is 11.8 Å². The maximum atomic E-state index is 13.6. The summed E-state index contributed by atoms with van der Waals surface area (Å²) in [5.74, 6) is 0.281. The van der Waals surface area contributed by atoms with Crippen molar-refractivity contribution in [2.75, 3.05) is 5.73 Å². The lowest BCUT2D eigenvalue weighted by Gasteiger charge is -2.01. The van der Waals surface area contributed by atoms with Crippen molar-refractivity contribution in [3.05, 3.63) is 53.5 Å². The van der Waals surface area contributed by atoms with Crippen LogP contribution in [0.15, 0.2) is 36.5 Å². The van der Waals surface area contributed by atoms with E-state index in [1.807, 2.05) is 31.3 Å². The van der Waals surface area contributed by atoms with Crippen LogP contribution >= 0.6 is 0 Å². The second-order valence-electron chi connectivity index (χ2n) is 4.74. The molecule has 0 aliphatic rings. The lowest BCUT2D eigenvalue weighted by atomic mass is 10.1. The minimum atomic E-state index is -0.245. The Balaban J connectivity index is 2.24. The molecule has 1 aromatic carbocycles. The Labute approximate surface area is 110 Å². The van der Waals surface area contributed by atoms with Crippen LogP contribution < -0.4 is 5.73 Å². The monoisotopic (exact) mass is 255 g/mol. The molecule has 0 saturated heterocycles. The van der Waals surface area contributed by atoms with Crippen molar-refractivity contribution in [3.63, 3.8) is 0 Å². The third kappa shape index (κ3) is 1.85. The molecular formula is C15H14FN3. The molecule has 0 spiro atoms. The van der Waals surface area contributed by atoms with E-state index in [1.165, 1.54) is 6.07 Å². The molecule has 0 atom stereocenters. The van der Waals surface area contributed by atoms with Crippen molar-refractivity contribution in [3.8, 4) is 11.3 Å². The molecule has 96 valence electrons. The van der Waals surface area contributed by atoms with Crippen molar-refractivity contribution in [2.24, 2.45) is 0 Å². The Morgan fingerprint density at radius 2 is 1.95 bits per heavy atom. The zero-order valence-electron chi connectivity index (χ0n) is 10.8. The standard InChI is InChI=1S/C15H14FN3/c1-9-5-6-19-13(7-9)18-14(15(19)17)11-4-3-10(2)12(16)8-11/h3-8H,17H2,1-2H3. The topological polar surface area (TPSA) is 43.3 Å². The molecule has 4 heteroatoms. The van der Waals surface area contributed by atoms with Gasteiger partial charge in [-0.3, -0.25) is 4.40 Å². The fraction of sp³-hybridized carbons (Fsp3) is 0.133. The van der Waals surface area contributed by atoms with Crippen molar-refractivity contribution in [1.82, 2.24) is 9.38 Å². The summed E-state index contributed by atoms with van der Waals surface area (Å²) < 4.78 is 15.4. The van der Waals surface area contributed by atoms with E-state index < -0.39 is 0 Å². The fourth-order valence-electron chi connectivity index (χ4n) is 2.12. The predicted octanol–water partition coefficient (Wildman–Crippen LogP) is 3.34. The highest BCUT2D eigenvalue weighted by atomic mass is 19.1. The average molecular weight is 255 g/mol. The Morgan fingerprint density at radius 3 is 2.68 bits per heavy atom. The molecule has 3 aromatic rings. The summed E-state index contributed by atoms with van der Waals surface area (Å²) in [6.45, 7) is 3.73. The number of nitrogens with two attached hydrogens (primary N) is 1.